The molecule has 2 fully saturated rings. The molecule has 1 aromatic heterocycles. The van der Waals surface area contributed by atoms with Gasteiger partial charge in [-0.1, -0.05) is 18.0 Å². The number of pyridine rings is 1. The minimum atomic E-state index is -0.0764. The number of amides is 1. The second-order valence-electron chi connectivity index (χ2n) is 5.89. The molecule has 0 N–H and O–H groups in total. The van der Waals surface area contributed by atoms with Crippen molar-refractivity contribution in [3.63, 3.8) is 0 Å². The van der Waals surface area contributed by atoms with Crippen molar-refractivity contribution in [2.75, 3.05) is 6.54 Å². The van der Waals surface area contributed by atoms with Crippen molar-refractivity contribution in [3.8, 4) is 0 Å². The van der Waals surface area contributed by atoms with Crippen LogP contribution in [0.25, 0.3) is 0 Å². The van der Waals surface area contributed by atoms with E-state index >= 15 is 0 Å². The number of rotatable bonds is 2. The zero-order valence-corrected chi connectivity index (χ0v) is 12.7. The fourth-order valence-corrected chi connectivity index (χ4v) is 3.64. The molecule has 1 aliphatic carbocycles. The molecular formula is C16H19ClN2O2. The molecule has 2 atom stereocenters. The number of hydrogen-bond acceptors (Lipinski definition) is 3. The highest BCUT2D eigenvalue weighted by atomic mass is 35.5. The number of aromatic nitrogens is 1. The summed E-state index contributed by atoms with van der Waals surface area (Å²) < 4.78 is 0. The summed E-state index contributed by atoms with van der Waals surface area (Å²) in [6.07, 6.45) is 7.06. The number of nitrogens with zero attached hydrogens (tertiary/aromatic N) is 2. The lowest BCUT2D eigenvalue weighted by atomic mass is 9.82. The van der Waals surface area contributed by atoms with Crippen LogP contribution in [-0.2, 0) is 4.79 Å². The van der Waals surface area contributed by atoms with Crippen molar-refractivity contribution in [3.05, 3.63) is 29.0 Å². The Labute approximate surface area is 129 Å². The number of carbonyl (C=O) groups excluding carboxylic acids is 2. The Morgan fingerprint density at radius 1 is 1.24 bits per heavy atom. The van der Waals surface area contributed by atoms with E-state index < -0.39 is 0 Å². The van der Waals surface area contributed by atoms with Crippen molar-refractivity contribution in [1.29, 1.82) is 0 Å². The lowest BCUT2D eigenvalue weighted by Gasteiger charge is -2.32. The van der Waals surface area contributed by atoms with Gasteiger partial charge in [-0.3, -0.25) is 9.59 Å². The standard InChI is InChI=1S/C16H19ClN2O2/c17-11-7-8-13(18-10-11)16(21)19-9-3-5-14(19)12-4-1-2-6-15(12)20/h7-8,10,12,14H,1-6,9H2. The average Bonchev–Trinajstić information content (AvgIpc) is 2.97. The predicted octanol–water partition coefficient (Wildman–Crippen LogP) is 3.10. The molecule has 0 spiro atoms. The summed E-state index contributed by atoms with van der Waals surface area (Å²) in [5.74, 6) is 0.278. The molecule has 5 heteroatoms. The van der Waals surface area contributed by atoms with Gasteiger partial charge in [0.25, 0.3) is 5.91 Å². The molecule has 1 aromatic rings. The molecule has 0 aromatic carbocycles. The maximum atomic E-state index is 12.6. The molecular weight excluding hydrogens is 288 g/mol. The highest BCUT2D eigenvalue weighted by molar-refractivity contribution is 6.30. The van der Waals surface area contributed by atoms with Gasteiger partial charge < -0.3 is 4.90 Å². The summed E-state index contributed by atoms with van der Waals surface area (Å²) in [5, 5.41) is 0.520. The first kappa shape index (κ1) is 14.5. The SMILES string of the molecule is O=C1CCCCC1C1CCCN1C(=O)c1ccc(Cl)cn1. The van der Waals surface area contributed by atoms with E-state index in [1.807, 2.05) is 4.90 Å². The number of halogens is 1. The van der Waals surface area contributed by atoms with Gasteiger partial charge in [0.1, 0.15) is 11.5 Å². The smallest absolute Gasteiger partial charge is 0.272 e. The van der Waals surface area contributed by atoms with Crippen LogP contribution in [0, 0.1) is 5.92 Å². The highest BCUT2D eigenvalue weighted by Gasteiger charge is 2.39. The Morgan fingerprint density at radius 2 is 2.10 bits per heavy atom. The summed E-state index contributed by atoms with van der Waals surface area (Å²) >= 11 is 5.81. The molecule has 112 valence electrons. The summed E-state index contributed by atoms with van der Waals surface area (Å²) in [5.41, 5.74) is 0.412. The van der Waals surface area contributed by atoms with Crippen LogP contribution in [0.1, 0.15) is 49.0 Å². The molecule has 1 saturated carbocycles. The number of ketones is 1. The van der Waals surface area contributed by atoms with Gasteiger partial charge in [-0.05, 0) is 37.8 Å². The van der Waals surface area contributed by atoms with Crippen LogP contribution in [-0.4, -0.2) is 34.2 Å². The fraction of sp³-hybridized carbons (Fsp3) is 0.562. The average molecular weight is 307 g/mol. The number of likely N-dealkylation sites (tertiary alicyclic amines) is 1. The van der Waals surface area contributed by atoms with Crippen LogP contribution < -0.4 is 0 Å². The monoisotopic (exact) mass is 306 g/mol. The topological polar surface area (TPSA) is 50.3 Å². The Bertz CT molecular complexity index is 544. The lowest BCUT2D eigenvalue weighted by molar-refractivity contribution is -0.126. The Kier molecular flexibility index (Phi) is 4.24. The van der Waals surface area contributed by atoms with E-state index in [9.17, 15) is 9.59 Å². The number of hydrogen-bond donors (Lipinski definition) is 0. The van der Waals surface area contributed by atoms with E-state index in [0.29, 0.717) is 22.9 Å². The van der Waals surface area contributed by atoms with Gasteiger partial charge in [-0.2, -0.15) is 0 Å². The lowest BCUT2D eigenvalue weighted by Crippen LogP contribution is -2.44. The molecule has 3 rings (SSSR count). The first-order valence-corrected chi connectivity index (χ1v) is 8.00. The Hall–Kier alpha value is -1.42. The maximum Gasteiger partial charge on any atom is 0.272 e. The van der Waals surface area contributed by atoms with E-state index in [1.165, 1.54) is 6.20 Å². The third-order valence-electron chi connectivity index (χ3n) is 4.57. The largest absolute Gasteiger partial charge is 0.334 e. The quantitative estimate of drug-likeness (QED) is 0.843. The van der Waals surface area contributed by atoms with Crippen molar-refractivity contribution in [2.45, 2.75) is 44.6 Å². The van der Waals surface area contributed by atoms with Crippen molar-refractivity contribution >= 4 is 23.3 Å². The van der Waals surface area contributed by atoms with E-state index in [4.69, 9.17) is 11.6 Å². The van der Waals surface area contributed by atoms with Crippen molar-refractivity contribution in [1.82, 2.24) is 9.88 Å². The normalized spacial score (nSPS) is 26.1. The first-order chi connectivity index (χ1) is 10.2. The number of Topliss-reactive ketones (excluding diaryl/α,β-unsaturated/α-hetero) is 1. The van der Waals surface area contributed by atoms with Gasteiger partial charge in [0.2, 0.25) is 0 Å². The summed E-state index contributed by atoms with van der Waals surface area (Å²) in [7, 11) is 0. The van der Waals surface area contributed by atoms with Crippen LogP contribution in [0.3, 0.4) is 0 Å². The highest BCUT2D eigenvalue weighted by Crippen LogP contribution is 2.33. The predicted molar refractivity (Wildman–Crippen MR) is 80.3 cm³/mol. The minimum Gasteiger partial charge on any atom is -0.334 e. The second-order valence-corrected chi connectivity index (χ2v) is 6.32. The zero-order valence-electron chi connectivity index (χ0n) is 11.9. The molecule has 0 bridgehead atoms. The third kappa shape index (κ3) is 2.95. The van der Waals surface area contributed by atoms with Crippen LogP contribution in [0.2, 0.25) is 5.02 Å². The zero-order chi connectivity index (χ0) is 14.8. The first-order valence-electron chi connectivity index (χ1n) is 7.62. The van der Waals surface area contributed by atoms with Crippen LogP contribution in [0.15, 0.2) is 18.3 Å². The van der Waals surface area contributed by atoms with Gasteiger partial charge in [0, 0.05) is 31.1 Å². The van der Waals surface area contributed by atoms with E-state index in [1.54, 1.807) is 12.1 Å². The van der Waals surface area contributed by atoms with Gasteiger partial charge in [-0.25, -0.2) is 4.98 Å². The van der Waals surface area contributed by atoms with E-state index in [2.05, 4.69) is 4.98 Å². The molecule has 2 aliphatic rings. The molecule has 21 heavy (non-hydrogen) atoms. The van der Waals surface area contributed by atoms with Gasteiger partial charge in [0.15, 0.2) is 0 Å². The molecule has 1 saturated heterocycles. The summed E-state index contributed by atoms with van der Waals surface area (Å²) in [6.45, 7) is 0.720. The van der Waals surface area contributed by atoms with Crippen molar-refractivity contribution in [2.24, 2.45) is 5.92 Å². The van der Waals surface area contributed by atoms with Gasteiger partial charge >= 0.3 is 0 Å². The van der Waals surface area contributed by atoms with Crippen molar-refractivity contribution < 1.29 is 9.59 Å². The molecule has 1 aliphatic heterocycles. The fourth-order valence-electron chi connectivity index (χ4n) is 3.53. The Balaban J connectivity index is 1.78. The van der Waals surface area contributed by atoms with Gasteiger partial charge in [0.05, 0.1) is 5.02 Å². The van der Waals surface area contributed by atoms with Crippen LogP contribution in [0.4, 0.5) is 0 Å². The number of carbonyl (C=O) groups is 2. The van der Waals surface area contributed by atoms with Crippen LogP contribution >= 0.6 is 11.6 Å². The minimum absolute atomic E-state index is 0.0255. The molecule has 2 unspecified atom stereocenters. The van der Waals surface area contributed by atoms with Crippen LogP contribution in [0.5, 0.6) is 0 Å². The van der Waals surface area contributed by atoms with E-state index in [0.717, 1.165) is 38.6 Å². The summed E-state index contributed by atoms with van der Waals surface area (Å²) in [4.78, 5) is 30.8. The molecule has 0 radical (unpaired) electrons. The second kappa shape index (κ2) is 6.14. The maximum absolute atomic E-state index is 12.6. The molecule has 4 nitrogen and oxygen atoms in total. The van der Waals surface area contributed by atoms with Gasteiger partial charge in [-0.15, -0.1) is 0 Å². The molecule has 2 heterocycles. The summed E-state index contributed by atoms with van der Waals surface area (Å²) in [6, 6.07) is 3.39. The Morgan fingerprint density at radius 3 is 2.81 bits per heavy atom. The molecule has 1 amide bonds. The third-order valence-corrected chi connectivity index (χ3v) is 4.80. The van der Waals surface area contributed by atoms with E-state index in [-0.39, 0.29) is 17.9 Å².